The van der Waals surface area contributed by atoms with E-state index in [0.29, 0.717) is 43.0 Å². The van der Waals surface area contributed by atoms with Gasteiger partial charge in [0.2, 0.25) is 0 Å². The zero-order valence-electron chi connectivity index (χ0n) is 13.4. The first-order valence-electron chi connectivity index (χ1n) is 8.06. The quantitative estimate of drug-likeness (QED) is 0.905. The van der Waals surface area contributed by atoms with Crippen molar-refractivity contribution in [1.29, 1.82) is 0 Å². The molecule has 5 nitrogen and oxygen atoms in total. The van der Waals surface area contributed by atoms with Crippen LogP contribution in [0.2, 0.25) is 0 Å². The van der Waals surface area contributed by atoms with Crippen molar-refractivity contribution in [3.63, 3.8) is 0 Å². The number of nitrogens with zero attached hydrogens (tertiary/aromatic N) is 1. The average Bonchev–Trinajstić information content (AvgIpc) is 2.63. The molecule has 0 saturated carbocycles. The predicted molar refractivity (Wildman–Crippen MR) is 90.1 cm³/mol. The topological polar surface area (TPSA) is 70.0 Å². The number of rotatable bonds is 4. The number of aliphatic hydroxyl groups is 2. The largest absolute Gasteiger partial charge is 0.457 e. The number of benzene rings is 2. The summed E-state index contributed by atoms with van der Waals surface area (Å²) in [4.78, 5) is 14.5. The van der Waals surface area contributed by atoms with E-state index < -0.39 is 5.60 Å². The molecule has 5 heteroatoms. The lowest BCUT2D eigenvalue weighted by Gasteiger charge is -2.37. The lowest BCUT2D eigenvalue weighted by molar-refractivity contribution is -0.0546. The molecule has 1 heterocycles. The highest BCUT2D eigenvalue weighted by molar-refractivity contribution is 5.97. The van der Waals surface area contributed by atoms with Gasteiger partial charge < -0.3 is 19.8 Å². The average molecular weight is 327 g/mol. The van der Waals surface area contributed by atoms with Crippen molar-refractivity contribution in [2.45, 2.75) is 18.4 Å². The third-order valence-electron chi connectivity index (χ3n) is 4.36. The molecule has 0 spiro atoms. The van der Waals surface area contributed by atoms with Crippen molar-refractivity contribution >= 4 is 5.91 Å². The number of amides is 1. The second kappa shape index (κ2) is 7.03. The van der Waals surface area contributed by atoms with E-state index in [9.17, 15) is 15.0 Å². The molecular weight excluding hydrogens is 306 g/mol. The van der Waals surface area contributed by atoms with E-state index in [0.717, 1.165) is 0 Å². The lowest BCUT2D eigenvalue weighted by Crippen LogP contribution is -2.48. The van der Waals surface area contributed by atoms with Gasteiger partial charge in [-0.05, 0) is 37.1 Å². The van der Waals surface area contributed by atoms with Gasteiger partial charge in [-0.2, -0.15) is 0 Å². The van der Waals surface area contributed by atoms with E-state index in [1.54, 1.807) is 23.1 Å². The molecule has 0 bridgehead atoms. The summed E-state index contributed by atoms with van der Waals surface area (Å²) in [5.41, 5.74) is -0.576. The molecule has 0 radical (unpaired) electrons. The maximum absolute atomic E-state index is 12.8. The Balaban J connectivity index is 1.76. The molecular formula is C19H21NO4. The van der Waals surface area contributed by atoms with Crippen LogP contribution in [0.1, 0.15) is 23.2 Å². The molecule has 0 aliphatic carbocycles. The van der Waals surface area contributed by atoms with Crippen LogP contribution in [0.5, 0.6) is 11.5 Å². The maximum atomic E-state index is 12.8. The fraction of sp³-hybridized carbons (Fsp3) is 0.316. The first kappa shape index (κ1) is 16.5. The molecule has 1 aliphatic heterocycles. The van der Waals surface area contributed by atoms with Crippen molar-refractivity contribution < 1.29 is 19.7 Å². The Kier molecular flexibility index (Phi) is 4.83. The Morgan fingerprint density at radius 1 is 1.04 bits per heavy atom. The minimum Gasteiger partial charge on any atom is -0.457 e. The van der Waals surface area contributed by atoms with Gasteiger partial charge >= 0.3 is 0 Å². The molecule has 0 atom stereocenters. The van der Waals surface area contributed by atoms with Crippen LogP contribution in [0.4, 0.5) is 0 Å². The van der Waals surface area contributed by atoms with Crippen LogP contribution in [0, 0.1) is 0 Å². The van der Waals surface area contributed by atoms with Crippen molar-refractivity contribution in [2.75, 3.05) is 19.7 Å². The standard InChI is InChI=1S/C19H21NO4/c21-14-19(23)10-12-20(13-11-19)18(22)16-8-4-5-9-17(16)24-15-6-2-1-3-7-15/h1-9,21,23H,10-14H2. The second-order valence-electron chi connectivity index (χ2n) is 6.09. The molecule has 3 rings (SSSR count). The van der Waals surface area contributed by atoms with Gasteiger partial charge in [0.15, 0.2) is 0 Å². The highest BCUT2D eigenvalue weighted by atomic mass is 16.5. The number of para-hydroxylation sites is 2. The van der Waals surface area contributed by atoms with Crippen LogP contribution >= 0.6 is 0 Å². The first-order valence-corrected chi connectivity index (χ1v) is 8.06. The Morgan fingerprint density at radius 2 is 1.67 bits per heavy atom. The van der Waals surface area contributed by atoms with Crippen molar-refractivity contribution in [3.05, 3.63) is 60.2 Å². The second-order valence-corrected chi connectivity index (χ2v) is 6.09. The summed E-state index contributed by atoms with van der Waals surface area (Å²) in [6.45, 7) is 0.549. The van der Waals surface area contributed by atoms with Gasteiger partial charge in [-0.15, -0.1) is 0 Å². The molecule has 2 N–H and O–H groups in total. The van der Waals surface area contributed by atoms with Crippen LogP contribution in [0.15, 0.2) is 54.6 Å². The van der Waals surface area contributed by atoms with E-state index >= 15 is 0 Å². The minimum absolute atomic E-state index is 0.124. The Morgan fingerprint density at radius 3 is 2.33 bits per heavy atom. The normalized spacial score (nSPS) is 16.7. The van der Waals surface area contributed by atoms with E-state index in [1.165, 1.54) is 0 Å². The highest BCUT2D eigenvalue weighted by Crippen LogP contribution is 2.28. The molecule has 1 saturated heterocycles. The molecule has 1 amide bonds. The van der Waals surface area contributed by atoms with Gasteiger partial charge in [-0.1, -0.05) is 30.3 Å². The van der Waals surface area contributed by atoms with Crippen molar-refractivity contribution in [2.24, 2.45) is 0 Å². The number of aliphatic hydroxyl groups excluding tert-OH is 1. The monoisotopic (exact) mass is 327 g/mol. The summed E-state index contributed by atoms with van der Waals surface area (Å²) in [7, 11) is 0. The number of hydrogen-bond donors (Lipinski definition) is 2. The number of carbonyl (C=O) groups excluding carboxylic acids is 1. The lowest BCUT2D eigenvalue weighted by atomic mass is 9.92. The third-order valence-corrected chi connectivity index (χ3v) is 4.36. The van der Waals surface area contributed by atoms with Crippen molar-refractivity contribution in [1.82, 2.24) is 4.90 Å². The minimum atomic E-state index is -1.07. The highest BCUT2D eigenvalue weighted by Gasteiger charge is 2.34. The molecule has 2 aromatic rings. The summed E-state index contributed by atoms with van der Waals surface area (Å²) >= 11 is 0. The van der Waals surface area contributed by atoms with Gasteiger partial charge in [-0.3, -0.25) is 4.79 Å². The van der Waals surface area contributed by atoms with Gasteiger partial charge in [0.25, 0.3) is 5.91 Å². The van der Waals surface area contributed by atoms with Gasteiger partial charge in [0, 0.05) is 13.1 Å². The van der Waals surface area contributed by atoms with Crippen LogP contribution in [-0.4, -0.2) is 46.3 Å². The number of carbonyl (C=O) groups is 1. The summed E-state index contributed by atoms with van der Waals surface area (Å²) in [5, 5.41) is 19.3. The third kappa shape index (κ3) is 3.58. The van der Waals surface area contributed by atoms with E-state index in [-0.39, 0.29) is 12.5 Å². The summed E-state index contributed by atoms with van der Waals surface area (Å²) < 4.78 is 5.85. The zero-order chi connectivity index (χ0) is 17.0. The maximum Gasteiger partial charge on any atom is 0.257 e. The fourth-order valence-corrected chi connectivity index (χ4v) is 2.80. The molecule has 126 valence electrons. The Labute approximate surface area is 141 Å². The molecule has 0 unspecified atom stereocenters. The molecule has 1 fully saturated rings. The number of hydrogen-bond acceptors (Lipinski definition) is 4. The Bertz CT molecular complexity index is 694. The Hall–Kier alpha value is -2.37. The first-order chi connectivity index (χ1) is 11.6. The number of likely N-dealkylation sites (tertiary alicyclic amines) is 1. The van der Waals surface area contributed by atoms with Crippen LogP contribution in [0.3, 0.4) is 0 Å². The SMILES string of the molecule is O=C(c1ccccc1Oc1ccccc1)N1CCC(O)(CO)CC1. The smallest absolute Gasteiger partial charge is 0.257 e. The predicted octanol–water partition coefficient (Wildman–Crippen LogP) is 2.44. The number of ether oxygens (including phenoxy) is 1. The van der Waals surface area contributed by atoms with E-state index in [1.807, 2.05) is 36.4 Å². The van der Waals surface area contributed by atoms with E-state index in [4.69, 9.17) is 4.74 Å². The van der Waals surface area contributed by atoms with Crippen LogP contribution in [0.25, 0.3) is 0 Å². The molecule has 2 aromatic carbocycles. The van der Waals surface area contributed by atoms with Crippen LogP contribution < -0.4 is 4.74 Å². The molecule has 1 aliphatic rings. The van der Waals surface area contributed by atoms with Gasteiger partial charge in [0.1, 0.15) is 11.5 Å². The zero-order valence-corrected chi connectivity index (χ0v) is 13.4. The molecule has 24 heavy (non-hydrogen) atoms. The number of piperidine rings is 1. The summed E-state index contributed by atoms with van der Waals surface area (Å²) in [6, 6.07) is 16.5. The summed E-state index contributed by atoms with van der Waals surface area (Å²) in [5.74, 6) is 1.06. The summed E-state index contributed by atoms with van der Waals surface area (Å²) in [6.07, 6.45) is 0.744. The molecule has 0 aromatic heterocycles. The van der Waals surface area contributed by atoms with E-state index in [2.05, 4.69) is 0 Å². The van der Waals surface area contributed by atoms with Gasteiger partial charge in [0.05, 0.1) is 17.8 Å². The van der Waals surface area contributed by atoms with Crippen molar-refractivity contribution in [3.8, 4) is 11.5 Å². The van der Waals surface area contributed by atoms with Gasteiger partial charge in [-0.25, -0.2) is 0 Å². The fourth-order valence-electron chi connectivity index (χ4n) is 2.80. The van der Waals surface area contributed by atoms with Crippen LogP contribution in [-0.2, 0) is 0 Å².